The first-order valence-corrected chi connectivity index (χ1v) is 22.2. The second-order valence-corrected chi connectivity index (χ2v) is 19.2. The lowest BCUT2D eigenvalue weighted by Gasteiger charge is -2.35. The van der Waals surface area contributed by atoms with Crippen molar-refractivity contribution < 1.29 is 9.47 Å². The van der Waals surface area contributed by atoms with Gasteiger partial charge < -0.3 is 14.0 Å². The molecule has 2 aromatic heterocycles. The Kier molecular flexibility index (Phi) is 7.62. The maximum atomic E-state index is 6.86. The molecule has 0 spiro atoms. The van der Waals surface area contributed by atoms with Gasteiger partial charge in [0, 0.05) is 27.9 Å². The van der Waals surface area contributed by atoms with Gasteiger partial charge in [0.1, 0.15) is 17.2 Å². The van der Waals surface area contributed by atoms with Gasteiger partial charge in [0.2, 0.25) is 5.88 Å². The minimum Gasteiger partial charge on any atom is -0.458 e. The monoisotopic (exact) mass is 770 g/mol. The van der Waals surface area contributed by atoms with Crippen molar-refractivity contribution in [2.24, 2.45) is 0 Å². The van der Waals surface area contributed by atoms with E-state index in [1.165, 1.54) is 31.5 Å². The molecule has 6 heteroatoms. The predicted molar refractivity (Wildman–Crippen MR) is 245 cm³/mol. The molecular formula is C53H35BN2O2Si. The average Bonchev–Trinajstić information content (AvgIpc) is 3.64. The molecule has 59 heavy (non-hydrogen) atoms. The number of hydrogen-bond acceptors (Lipinski definition) is 3. The van der Waals surface area contributed by atoms with Gasteiger partial charge >= 0.3 is 0 Å². The summed E-state index contributed by atoms with van der Waals surface area (Å²) in [4.78, 5) is 5.52. The van der Waals surface area contributed by atoms with Crippen LogP contribution in [0.5, 0.6) is 23.1 Å². The first-order chi connectivity index (χ1) is 29.3. The Morgan fingerprint density at radius 2 is 0.915 bits per heavy atom. The zero-order chi connectivity index (χ0) is 38.9. The molecule has 0 unspecified atom stereocenters. The highest BCUT2D eigenvalue weighted by Crippen LogP contribution is 2.40. The third-order valence-electron chi connectivity index (χ3n) is 12.3. The number of hydrogen-bond donors (Lipinski definition) is 0. The van der Waals surface area contributed by atoms with Crippen LogP contribution in [0.25, 0.3) is 38.8 Å². The maximum Gasteiger partial charge on any atom is 0.262 e. The first-order valence-electron chi connectivity index (χ1n) is 20.2. The molecule has 2 aliphatic rings. The van der Waals surface area contributed by atoms with Crippen LogP contribution in [0, 0.1) is 0 Å². The van der Waals surface area contributed by atoms with Crippen molar-refractivity contribution in [1.82, 2.24) is 9.55 Å². The molecule has 0 radical (unpaired) electrons. The van der Waals surface area contributed by atoms with E-state index < -0.39 is 8.07 Å². The van der Waals surface area contributed by atoms with E-state index in [0.29, 0.717) is 5.88 Å². The van der Waals surface area contributed by atoms with Gasteiger partial charge in [-0.2, -0.15) is 0 Å². The number of fused-ring (bicyclic) bond motifs is 7. The van der Waals surface area contributed by atoms with Gasteiger partial charge in [-0.15, -0.1) is 0 Å². The van der Waals surface area contributed by atoms with Crippen molar-refractivity contribution in [2.45, 2.75) is 0 Å². The lowest BCUT2D eigenvalue weighted by Crippen LogP contribution is -2.74. The molecule has 0 bridgehead atoms. The zero-order valence-electron chi connectivity index (χ0n) is 32.0. The predicted octanol–water partition coefficient (Wildman–Crippen LogP) is 7.95. The molecule has 0 amide bonds. The third-order valence-corrected chi connectivity index (χ3v) is 17.1. The van der Waals surface area contributed by atoms with Crippen molar-refractivity contribution in [2.75, 3.05) is 0 Å². The lowest BCUT2D eigenvalue weighted by atomic mass is 9.35. The van der Waals surface area contributed by atoms with Crippen LogP contribution in [0.3, 0.4) is 0 Å². The van der Waals surface area contributed by atoms with Crippen LogP contribution in [0.2, 0.25) is 0 Å². The van der Waals surface area contributed by atoms with Gasteiger partial charge in [0.05, 0.1) is 22.4 Å². The van der Waals surface area contributed by atoms with Crippen LogP contribution in [0.1, 0.15) is 0 Å². The summed E-state index contributed by atoms with van der Waals surface area (Å²) in [7, 11) is -2.92. The van der Waals surface area contributed by atoms with E-state index in [9.17, 15) is 0 Å². The van der Waals surface area contributed by atoms with Crippen molar-refractivity contribution in [3.8, 4) is 40.1 Å². The molecule has 0 atom stereocenters. The van der Waals surface area contributed by atoms with Gasteiger partial charge in [-0.05, 0) is 62.0 Å². The van der Waals surface area contributed by atoms with Crippen LogP contribution in [-0.2, 0) is 0 Å². The summed E-state index contributed by atoms with van der Waals surface area (Å²) in [5, 5.41) is 7.59. The minimum absolute atomic E-state index is 0.0612. The van der Waals surface area contributed by atoms with Gasteiger partial charge in [0.25, 0.3) is 6.71 Å². The van der Waals surface area contributed by atoms with Crippen LogP contribution < -0.4 is 46.6 Å². The highest BCUT2D eigenvalue weighted by molar-refractivity contribution is 7.20. The highest BCUT2D eigenvalue weighted by atomic mass is 28.3. The van der Waals surface area contributed by atoms with Crippen LogP contribution in [0.4, 0.5) is 0 Å². The van der Waals surface area contributed by atoms with Gasteiger partial charge in [0.15, 0.2) is 8.07 Å². The van der Waals surface area contributed by atoms with Gasteiger partial charge in [-0.3, -0.25) is 0 Å². The number of rotatable bonds is 6. The Hall–Kier alpha value is -7.41. The van der Waals surface area contributed by atoms with E-state index in [2.05, 4.69) is 199 Å². The van der Waals surface area contributed by atoms with Crippen molar-refractivity contribution in [1.29, 1.82) is 0 Å². The summed E-state index contributed by atoms with van der Waals surface area (Å²) >= 11 is 0. The Balaban J connectivity index is 1.19. The fourth-order valence-corrected chi connectivity index (χ4v) is 14.6. The summed E-state index contributed by atoms with van der Waals surface area (Å²) in [6, 6.07) is 76.6. The largest absolute Gasteiger partial charge is 0.458 e. The molecule has 0 saturated carbocycles. The standard InChI is InChI=1S/C53H35BN2O2Si/c1-4-18-36(19-5-1)59(37-20-6-2-7-21-37,38-22-8-3-9-23-38)39-32-33-48(56-46-28-14-10-24-40(46)41-25-11-15-29-47(41)56)42(34-39)45-35-51-52-53(55-45)58-50-31-17-13-27-44(50)54(52)43-26-12-16-30-49(43)57-51/h1-35H. The molecule has 0 saturated heterocycles. The highest BCUT2D eigenvalue weighted by Gasteiger charge is 2.43. The summed E-state index contributed by atoms with van der Waals surface area (Å²) in [6.45, 7) is -0.0612. The normalized spacial score (nSPS) is 12.6. The molecule has 4 nitrogen and oxygen atoms in total. The van der Waals surface area contributed by atoms with Crippen molar-refractivity contribution in [3.63, 3.8) is 0 Å². The Morgan fingerprint density at radius 1 is 0.424 bits per heavy atom. The second kappa shape index (κ2) is 13.3. The number of para-hydroxylation sites is 4. The fraction of sp³-hybridized carbons (Fsp3) is 0. The van der Waals surface area contributed by atoms with Crippen molar-refractivity contribution in [3.05, 3.63) is 212 Å². The topological polar surface area (TPSA) is 36.3 Å². The fourth-order valence-electron chi connectivity index (χ4n) is 9.82. The van der Waals surface area contributed by atoms with Gasteiger partial charge in [-0.1, -0.05) is 176 Å². The minimum atomic E-state index is -2.92. The van der Waals surface area contributed by atoms with E-state index in [-0.39, 0.29) is 6.71 Å². The first kappa shape index (κ1) is 33.7. The summed E-state index contributed by atoms with van der Waals surface area (Å²) in [6.07, 6.45) is 0. The quantitative estimate of drug-likeness (QED) is 0.127. The maximum absolute atomic E-state index is 6.86. The molecule has 0 aliphatic carbocycles. The van der Waals surface area contributed by atoms with E-state index in [4.69, 9.17) is 14.5 Å². The molecule has 0 fully saturated rings. The van der Waals surface area contributed by atoms with Crippen LogP contribution in [0.15, 0.2) is 212 Å². The van der Waals surface area contributed by atoms with E-state index in [0.717, 1.165) is 61.6 Å². The number of ether oxygens (including phenoxy) is 2. The number of pyridine rings is 1. The molecular weight excluding hydrogens is 735 g/mol. The summed E-state index contributed by atoms with van der Waals surface area (Å²) in [5.41, 5.74) is 8.27. The van der Waals surface area contributed by atoms with Crippen LogP contribution >= 0.6 is 0 Å². The average molecular weight is 771 g/mol. The zero-order valence-corrected chi connectivity index (χ0v) is 33.0. The molecule has 0 N–H and O–H groups in total. The molecule has 8 aromatic carbocycles. The molecule has 276 valence electrons. The van der Waals surface area contributed by atoms with Gasteiger partial charge in [-0.25, -0.2) is 4.98 Å². The Bertz CT molecular complexity index is 3020. The van der Waals surface area contributed by atoms with Crippen molar-refractivity contribution >= 4 is 73.7 Å². The molecule has 2 aliphatic heterocycles. The van der Waals surface area contributed by atoms with Crippen LogP contribution in [-0.4, -0.2) is 24.3 Å². The lowest BCUT2D eigenvalue weighted by molar-refractivity contribution is 0.451. The molecule has 4 heterocycles. The van der Waals surface area contributed by atoms with E-state index in [1.54, 1.807) is 0 Å². The summed E-state index contributed by atoms with van der Waals surface area (Å²) in [5.74, 6) is 3.01. The van der Waals surface area contributed by atoms with E-state index in [1.807, 2.05) is 18.2 Å². The number of benzene rings is 8. The Labute approximate surface area is 343 Å². The Morgan fingerprint density at radius 3 is 1.49 bits per heavy atom. The van der Waals surface area contributed by atoms with E-state index >= 15 is 0 Å². The SMILES string of the molecule is c1ccc([Si](c2ccccc2)(c2ccccc2)c2ccc(-n3c4ccccc4c4ccccc43)c(-c3cc4c5c(n3)Oc3ccccc3B5c3ccccc3O4)c2)cc1. The molecule has 10 aromatic rings. The number of nitrogens with zero attached hydrogens (tertiary/aromatic N) is 2. The summed E-state index contributed by atoms with van der Waals surface area (Å²) < 4.78 is 16.1. The number of aromatic nitrogens is 2. The second-order valence-electron chi connectivity index (χ2n) is 15.4. The smallest absolute Gasteiger partial charge is 0.262 e. The third kappa shape index (κ3) is 5.06. The molecule has 12 rings (SSSR count).